The zero-order valence-corrected chi connectivity index (χ0v) is 12.4. The van der Waals surface area contributed by atoms with Gasteiger partial charge in [-0.15, -0.1) is 0 Å². The molecule has 0 aliphatic heterocycles. The summed E-state index contributed by atoms with van der Waals surface area (Å²) >= 11 is 0. The third kappa shape index (κ3) is 3.42. The average Bonchev–Trinajstić information content (AvgIpc) is 2.97. The lowest BCUT2D eigenvalue weighted by Gasteiger charge is -2.19. The minimum absolute atomic E-state index is 0.0805. The van der Waals surface area contributed by atoms with E-state index >= 15 is 0 Å². The van der Waals surface area contributed by atoms with Crippen LogP contribution in [0.3, 0.4) is 0 Å². The second kappa shape index (κ2) is 6.56. The highest BCUT2D eigenvalue weighted by atomic mass is 16.1. The monoisotopic (exact) mass is 296 g/mol. The summed E-state index contributed by atoms with van der Waals surface area (Å²) < 4.78 is 0. The molecule has 2 atom stereocenters. The number of nitrogens with one attached hydrogen (secondary N) is 1. The van der Waals surface area contributed by atoms with E-state index in [4.69, 9.17) is 5.73 Å². The summed E-state index contributed by atoms with van der Waals surface area (Å²) in [4.78, 5) is 20.3. The normalized spacial score (nSPS) is 20.7. The number of hydrogen-bond acceptors (Lipinski definition) is 4. The van der Waals surface area contributed by atoms with Crippen molar-refractivity contribution in [3.8, 4) is 0 Å². The van der Waals surface area contributed by atoms with Gasteiger partial charge in [0.2, 0.25) is 5.91 Å². The zero-order valence-electron chi connectivity index (χ0n) is 12.4. The summed E-state index contributed by atoms with van der Waals surface area (Å²) in [7, 11) is 0. The molecule has 1 heterocycles. The van der Waals surface area contributed by atoms with Crippen LogP contribution >= 0.6 is 0 Å². The van der Waals surface area contributed by atoms with Crippen LogP contribution in [0.4, 0.5) is 5.82 Å². The van der Waals surface area contributed by atoms with E-state index in [9.17, 15) is 4.79 Å². The number of amides is 1. The standard InChI is InChI=1S/C17H20N4O/c18-17(22)13-7-4-8-14(13)20-15-9-10-19-16(21-15)11-12-5-2-1-3-6-12/h1-3,5-6,9-10,13-14H,4,7-8,11H2,(H2,18,22)(H,19,20,21). The van der Waals surface area contributed by atoms with Gasteiger partial charge in [-0.25, -0.2) is 9.97 Å². The molecule has 1 amide bonds. The molecule has 0 spiro atoms. The Morgan fingerprint density at radius 2 is 2.05 bits per heavy atom. The Balaban J connectivity index is 1.70. The number of carbonyl (C=O) groups excluding carboxylic acids is 1. The van der Waals surface area contributed by atoms with Crippen molar-refractivity contribution >= 4 is 11.7 Å². The highest BCUT2D eigenvalue weighted by Crippen LogP contribution is 2.27. The number of hydrogen-bond donors (Lipinski definition) is 2. The molecule has 1 fully saturated rings. The molecule has 5 heteroatoms. The fourth-order valence-corrected chi connectivity index (χ4v) is 3.01. The van der Waals surface area contributed by atoms with Gasteiger partial charge in [-0.05, 0) is 24.5 Å². The van der Waals surface area contributed by atoms with E-state index in [1.165, 1.54) is 5.56 Å². The molecule has 2 unspecified atom stereocenters. The molecule has 1 aromatic heterocycles. The molecule has 114 valence electrons. The van der Waals surface area contributed by atoms with Crippen molar-refractivity contribution in [3.63, 3.8) is 0 Å². The molecular formula is C17H20N4O. The van der Waals surface area contributed by atoms with Crippen molar-refractivity contribution in [2.45, 2.75) is 31.7 Å². The predicted octanol–water partition coefficient (Wildman–Crippen LogP) is 2.13. The van der Waals surface area contributed by atoms with E-state index in [0.29, 0.717) is 6.42 Å². The van der Waals surface area contributed by atoms with Gasteiger partial charge in [0, 0.05) is 18.7 Å². The highest BCUT2D eigenvalue weighted by molar-refractivity contribution is 5.78. The van der Waals surface area contributed by atoms with Crippen LogP contribution in [-0.2, 0) is 11.2 Å². The van der Waals surface area contributed by atoms with Gasteiger partial charge in [-0.2, -0.15) is 0 Å². The molecule has 5 nitrogen and oxygen atoms in total. The minimum atomic E-state index is -0.228. The van der Waals surface area contributed by atoms with Crippen molar-refractivity contribution < 1.29 is 4.79 Å². The summed E-state index contributed by atoms with van der Waals surface area (Å²) in [6.07, 6.45) is 5.27. The third-order valence-corrected chi connectivity index (χ3v) is 4.13. The quantitative estimate of drug-likeness (QED) is 0.885. The van der Waals surface area contributed by atoms with Gasteiger partial charge in [-0.3, -0.25) is 4.79 Å². The lowest BCUT2D eigenvalue weighted by Crippen LogP contribution is -2.34. The molecule has 22 heavy (non-hydrogen) atoms. The zero-order chi connectivity index (χ0) is 15.4. The first-order chi connectivity index (χ1) is 10.7. The Morgan fingerprint density at radius 3 is 2.82 bits per heavy atom. The van der Waals surface area contributed by atoms with Gasteiger partial charge < -0.3 is 11.1 Å². The van der Waals surface area contributed by atoms with Crippen LogP contribution in [-0.4, -0.2) is 21.9 Å². The van der Waals surface area contributed by atoms with Crippen molar-refractivity contribution in [1.29, 1.82) is 0 Å². The molecule has 1 aromatic carbocycles. The average molecular weight is 296 g/mol. The maximum Gasteiger partial charge on any atom is 0.222 e. The van der Waals surface area contributed by atoms with E-state index in [2.05, 4.69) is 27.4 Å². The van der Waals surface area contributed by atoms with Gasteiger partial charge in [0.15, 0.2) is 0 Å². The first-order valence-electron chi connectivity index (χ1n) is 7.64. The molecule has 1 saturated carbocycles. The number of benzene rings is 1. The second-order valence-corrected chi connectivity index (χ2v) is 5.71. The highest BCUT2D eigenvalue weighted by Gasteiger charge is 2.31. The number of nitrogens with two attached hydrogens (primary N) is 1. The molecule has 0 saturated heterocycles. The summed E-state index contributed by atoms with van der Waals surface area (Å²) in [6, 6.07) is 12.0. The third-order valence-electron chi connectivity index (χ3n) is 4.13. The molecule has 2 aromatic rings. The lowest BCUT2D eigenvalue weighted by molar-refractivity contribution is -0.121. The summed E-state index contributed by atoms with van der Waals surface area (Å²) in [6.45, 7) is 0. The van der Waals surface area contributed by atoms with Crippen LogP contribution in [0, 0.1) is 5.92 Å². The largest absolute Gasteiger partial charge is 0.369 e. The summed E-state index contributed by atoms with van der Waals surface area (Å²) in [5, 5.41) is 3.35. The van der Waals surface area contributed by atoms with Crippen LogP contribution < -0.4 is 11.1 Å². The van der Waals surface area contributed by atoms with E-state index < -0.39 is 0 Å². The number of anilines is 1. The van der Waals surface area contributed by atoms with Gasteiger partial charge in [0.1, 0.15) is 11.6 Å². The van der Waals surface area contributed by atoms with Crippen molar-refractivity contribution in [3.05, 3.63) is 54.0 Å². The summed E-state index contributed by atoms with van der Waals surface area (Å²) in [5.41, 5.74) is 6.64. The van der Waals surface area contributed by atoms with Crippen molar-refractivity contribution in [2.24, 2.45) is 11.7 Å². The molecule has 3 rings (SSSR count). The van der Waals surface area contributed by atoms with Gasteiger partial charge >= 0.3 is 0 Å². The van der Waals surface area contributed by atoms with Gasteiger partial charge in [-0.1, -0.05) is 36.8 Å². The van der Waals surface area contributed by atoms with E-state index in [1.54, 1.807) is 6.20 Å². The Hall–Kier alpha value is -2.43. The Labute approximate surface area is 130 Å². The molecule has 0 radical (unpaired) electrons. The first-order valence-corrected chi connectivity index (χ1v) is 7.64. The fraction of sp³-hybridized carbons (Fsp3) is 0.353. The molecular weight excluding hydrogens is 276 g/mol. The smallest absolute Gasteiger partial charge is 0.222 e. The van der Waals surface area contributed by atoms with E-state index in [1.807, 2.05) is 24.3 Å². The number of nitrogens with zero attached hydrogens (tertiary/aromatic N) is 2. The van der Waals surface area contributed by atoms with E-state index in [0.717, 1.165) is 30.9 Å². The Bertz CT molecular complexity index is 644. The second-order valence-electron chi connectivity index (χ2n) is 5.71. The maximum atomic E-state index is 11.5. The number of aromatic nitrogens is 2. The van der Waals surface area contributed by atoms with Crippen molar-refractivity contribution in [1.82, 2.24) is 9.97 Å². The van der Waals surface area contributed by atoms with Crippen molar-refractivity contribution in [2.75, 3.05) is 5.32 Å². The van der Waals surface area contributed by atoms with Crippen LogP contribution in [0.5, 0.6) is 0 Å². The molecule has 3 N–H and O–H groups in total. The predicted molar refractivity (Wildman–Crippen MR) is 85.2 cm³/mol. The molecule has 1 aliphatic carbocycles. The lowest BCUT2D eigenvalue weighted by atomic mass is 10.0. The first kappa shape index (κ1) is 14.5. The summed E-state index contributed by atoms with van der Waals surface area (Å²) in [5.74, 6) is 1.20. The molecule has 1 aliphatic rings. The SMILES string of the molecule is NC(=O)C1CCCC1Nc1ccnc(Cc2ccccc2)n1. The Morgan fingerprint density at radius 1 is 1.23 bits per heavy atom. The topological polar surface area (TPSA) is 80.9 Å². The number of primary amides is 1. The number of carbonyl (C=O) groups is 1. The van der Waals surface area contributed by atoms with Crippen LogP contribution in [0.25, 0.3) is 0 Å². The maximum absolute atomic E-state index is 11.5. The van der Waals surface area contributed by atoms with Crippen LogP contribution in [0.1, 0.15) is 30.7 Å². The minimum Gasteiger partial charge on any atom is -0.369 e. The van der Waals surface area contributed by atoms with Crippen LogP contribution in [0.15, 0.2) is 42.6 Å². The number of rotatable bonds is 5. The van der Waals surface area contributed by atoms with Gasteiger partial charge in [0.05, 0.1) is 5.92 Å². The van der Waals surface area contributed by atoms with Gasteiger partial charge in [0.25, 0.3) is 0 Å². The Kier molecular flexibility index (Phi) is 4.32. The van der Waals surface area contributed by atoms with Crippen LogP contribution in [0.2, 0.25) is 0 Å². The molecule has 0 bridgehead atoms. The fourth-order valence-electron chi connectivity index (χ4n) is 3.01. The van der Waals surface area contributed by atoms with E-state index in [-0.39, 0.29) is 17.9 Å².